The lowest BCUT2D eigenvalue weighted by atomic mass is 10.2. The van der Waals surface area contributed by atoms with Crippen molar-refractivity contribution in [2.75, 3.05) is 12.9 Å². The number of benzene rings is 1. The molecule has 1 aromatic carbocycles. The first-order chi connectivity index (χ1) is 7.11. The normalized spacial score (nSPS) is 12.1. The minimum atomic E-state index is -1.35. The first-order valence-corrected chi connectivity index (χ1v) is 5.80. The van der Waals surface area contributed by atoms with Crippen LogP contribution in [-0.4, -0.2) is 28.1 Å². The Hall–Kier alpha value is -1.36. The zero-order valence-corrected chi connectivity index (χ0v) is 9.12. The molecule has 15 heavy (non-hydrogen) atoms. The summed E-state index contributed by atoms with van der Waals surface area (Å²) in [5.41, 5.74) is 0.843. The predicted molar refractivity (Wildman–Crippen MR) is 57.3 cm³/mol. The van der Waals surface area contributed by atoms with Crippen LogP contribution in [0.4, 0.5) is 0 Å². The summed E-state index contributed by atoms with van der Waals surface area (Å²) in [4.78, 5) is 10.3. The molecule has 0 aliphatic rings. The van der Waals surface area contributed by atoms with Crippen molar-refractivity contribution >= 4 is 16.8 Å². The van der Waals surface area contributed by atoms with E-state index in [0.717, 1.165) is 11.3 Å². The molecule has 1 atom stereocenters. The molecule has 0 aromatic heterocycles. The Balaban J connectivity index is 2.57. The van der Waals surface area contributed by atoms with Gasteiger partial charge in [0.2, 0.25) is 0 Å². The van der Waals surface area contributed by atoms with E-state index in [4.69, 9.17) is 9.84 Å². The van der Waals surface area contributed by atoms with Crippen LogP contribution in [0.3, 0.4) is 0 Å². The van der Waals surface area contributed by atoms with Crippen molar-refractivity contribution in [1.29, 1.82) is 0 Å². The van der Waals surface area contributed by atoms with Crippen LogP contribution in [0.15, 0.2) is 24.3 Å². The lowest BCUT2D eigenvalue weighted by Crippen LogP contribution is -2.10. The second-order valence-corrected chi connectivity index (χ2v) is 4.43. The number of methoxy groups -OCH3 is 1. The summed E-state index contributed by atoms with van der Waals surface area (Å²) in [6, 6.07) is 7.07. The average molecular weight is 228 g/mol. The third-order valence-corrected chi connectivity index (χ3v) is 3.00. The number of carboxylic acid groups (broad SMARTS) is 1. The Morgan fingerprint density at radius 3 is 2.47 bits per heavy atom. The lowest BCUT2D eigenvalue weighted by molar-refractivity contribution is -0.133. The highest BCUT2D eigenvalue weighted by atomic mass is 32.2. The van der Waals surface area contributed by atoms with Crippen LogP contribution in [-0.2, 0) is 21.3 Å². The highest BCUT2D eigenvalue weighted by Crippen LogP contribution is 2.12. The van der Waals surface area contributed by atoms with Gasteiger partial charge < -0.3 is 9.84 Å². The Morgan fingerprint density at radius 2 is 2.00 bits per heavy atom. The quantitative estimate of drug-likeness (QED) is 0.817. The summed E-state index contributed by atoms with van der Waals surface area (Å²) in [6.45, 7) is 0. The number of carbonyl (C=O) groups is 1. The summed E-state index contributed by atoms with van der Waals surface area (Å²) in [7, 11) is 0.217. The lowest BCUT2D eigenvalue weighted by Gasteiger charge is -2.02. The fourth-order valence-corrected chi connectivity index (χ4v) is 2.04. The fraction of sp³-hybridized carbons (Fsp3) is 0.300. The van der Waals surface area contributed by atoms with Gasteiger partial charge in [0.1, 0.15) is 11.5 Å². The van der Waals surface area contributed by atoms with Gasteiger partial charge in [-0.05, 0) is 17.7 Å². The average Bonchev–Trinajstić information content (AvgIpc) is 2.17. The summed E-state index contributed by atoms with van der Waals surface area (Å²) in [6.07, 6.45) is 0. The Morgan fingerprint density at radius 1 is 1.40 bits per heavy atom. The Kier molecular flexibility index (Phi) is 4.30. The maximum atomic E-state index is 11.3. The van der Waals surface area contributed by atoms with E-state index < -0.39 is 16.8 Å². The van der Waals surface area contributed by atoms with Crippen molar-refractivity contribution in [3.8, 4) is 5.75 Å². The zero-order valence-electron chi connectivity index (χ0n) is 8.30. The summed E-state index contributed by atoms with van der Waals surface area (Å²) >= 11 is 0. The highest BCUT2D eigenvalue weighted by molar-refractivity contribution is 7.84. The molecule has 0 bridgehead atoms. The van der Waals surface area contributed by atoms with Crippen LogP contribution in [0.25, 0.3) is 0 Å². The van der Waals surface area contributed by atoms with Crippen LogP contribution in [0, 0.1) is 0 Å². The molecule has 1 rings (SSSR count). The van der Waals surface area contributed by atoms with Gasteiger partial charge in [-0.1, -0.05) is 12.1 Å². The van der Waals surface area contributed by atoms with E-state index >= 15 is 0 Å². The van der Waals surface area contributed by atoms with Crippen molar-refractivity contribution < 1.29 is 18.8 Å². The molecule has 0 saturated carbocycles. The van der Waals surface area contributed by atoms with Crippen molar-refractivity contribution in [3.05, 3.63) is 29.8 Å². The molecule has 0 heterocycles. The van der Waals surface area contributed by atoms with E-state index in [1.54, 1.807) is 31.4 Å². The largest absolute Gasteiger partial charge is 0.497 e. The van der Waals surface area contributed by atoms with Crippen LogP contribution in [0.2, 0.25) is 0 Å². The van der Waals surface area contributed by atoms with Gasteiger partial charge in [0.25, 0.3) is 0 Å². The molecule has 0 saturated heterocycles. The molecule has 1 N–H and O–H groups in total. The molecule has 82 valence electrons. The van der Waals surface area contributed by atoms with Crippen LogP contribution in [0.5, 0.6) is 5.75 Å². The monoisotopic (exact) mass is 228 g/mol. The minimum Gasteiger partial charge on any atom is -0.497 e. The van der Waals surface area contributed by atoms with Gasteiger partial charge in [-0.25, -0.2) is 0 Å². The van der Waals surface area contributed by atoms with Crippen molar-refractivity contribution in [1.82, 2.24) is 0 Å². The van der Waals surface area contributed by atoms with Crippen LogP contribution < -0.4 is 4.74 Å². The smallest absolute Gasteiger partial charge is 0.316 e. The van der Waals surface area contributed by atoms with E-state index in [2.05, 4.69) is 0 Å². The molecule has 5 heteroatoms. The first-order valence-electron chi connectivity index (χ1n) is 4.31. The van der Waals surface area contributed by atoms with Crippen LogP contribution in [0.1, 0.15) is 5.56 Å². The molecule has 0 amide bonds. The molecule has 0 unspecified atom stereocenters. The first kappa shape index (κ1) is 11.7. The molecule has 4 nitrogen and oxygen atoms in total. The summed E-state index contributed by atoms with van der Waals surface area (Å²) in [5.74, 6) is -0.368. The van der Waals surface area contributed by atoms with Gasteiger partial charge in [-0.15, -0.1) is 0 Å². The van der Waals surface area contributed by atoms with E-state index in [-0.39, 0.29) is 11.5 Å². The summed E-state index contributed by atoms with van der Waals surface area (Å²) in [5, 5.41) is 8.43. The molecule has 0 aliphatic carbocycles. The van der Waals surface area contributed by atoms with Gasteiger partial charge in [-0.3, -0.25) is 9.00 Å². The molecule has 0 spiro atoms. The number of ether oxygens (including phenoxy) is 1. The number of aliphatic carboxylic acids is 1. The van der Waals surface area contributed by atoms with Crippen molar-refractivity contribution in [2.45, 2.75) is 5.75 Å². The maximum absolute atomic E-state index is 11.3. The summed E-state index contributed by atoms with van der Waals surface area (Å²) < 4.78 is 16.2. The third kappa shape index (κ3) is 4.12. The number of rotatable bonds is 5. The Bertz CT molecular complexity index is 358. The van der Waals surface area contributed by atoms with E-state index in [0.29, 0.717) is 0 Å². The van der Waals surface area contributed by atoms with Gasteiger partial charge >= 0.3 is 5.97 Å². The second-order valence-electron chi connectivity index (χ2n) is 2.97. The highest BCUT2D eigenvalue weighted by Gasteiger charge is 2.06. The molecule has 0 radical (unpaired) electrons. The van der Waals surface area contributed by atoms with Gasteiger partial charge in [0.15, 0.2) is 0 Å². The van der Waals surface area contributed by atoms with E-state index in [1.165, 1.54) is 0 Å². The van der Waals surface area contributed by atoms with E-state index in [9.17, 15) is 9.00 Å². The molecule has 0 aliphatic heterocycles. The second kappa shape index (κ2) is 5.50. The number of hydrogen-bond acceptors (Lipinski definition) is 3. The number of carboxylic acids is 1. The molecule has 0 fully saturated rings. The van der Waals surface area contributed by atoms with Crippen molar-refractivity contribution in [2.24, 2.45) is 0 Å². The topological polar surface area (TPSA) is 63.6 Å². The van der Waals surface area contributed by atoms with E-state index in [1.807, 2.05) is 0 Å². The number of hydrogen-bond donors (Lipinski definition) is 1. The zero-order chi connectivity index (χ0) is 11.3. The van der Waals surface area contributed by atoms with Gasteiger partial charge in [0, 0.05) is 16.6 Å². The molecule has 1 aromatic rings. The van der Waals surface area contributed by atoms with Crippen molar-refractivity contribution in [3.63, 3.8) is 0 Å². The molecular formula is C10H12O4S. The van der Waals surface area contributed by atoms with Gasteiger partial charge in [-0.2, -0.15) is 0 Å². The third-order valence-electron chi connectivity index (χ3n) is 1.77. The fourth-order valence-electron chi connectivity index (χ4n) is 1.10. The predicted octanol–water partition coefficient (Wildman–Crippen LogP) is 1.03. The van der Waals surface area contributed by atoms with Crippen LogP contribution >= 0.6 is 0 Å². The standard InChI is InChI=1S/C10H12O4S/c1-14-9-4-2-8(3-5-9)6-15(13)7-10(11)12/h2-5H,6-7H2,1H3,(H,11,12)/t15-/m1/s1. The SMILES string of the molecule is COc1ccc(C[S@@](=O)CC(=O)O)cc1. The minimum absolute atomic E-state index is 0.260. The molecular weight excluding hydrogens is 216 g/mol. The Labute approximate surface area is 90.3 Å². The van der Waals surface area contributed by atoms with Gasteiger partial charge in [0.05, 0.1) is 7.11 Å². The maximum Gasteiger partial charge on any atom is 0.316 e.